The Hall–Kier alpha value is -1.66. The van der Waals surface area contributed by atoms with E-state index in [0.29, 0.717) is 6.61 Å². The highest BCUT2D eigenvalue weighted by atomic mass is 16.5. The first-order valence-corrected chi connectivity index (χ1v) is 5.52. The molecule has 2 heterocycles. The van der Waals surface area contributed by atoms with Crippen molar-refractivity contribution >= 4 is 0 Å². The summed E-state index contributed by atoms with van der Waals surface area (Å²) in [5, 5.41) is 4.26. The topological polar surface area (TPSA) is 70.9 Å². The van der Waals surface area contributed by atoms with Crippen molar-refractivity contribution in [3.63, 3.8) is 0 Å². The Morgan fingerprint density at radius 1 is 1.47 bits per heavy atom. The van der Waals surface area contributed by atoms with Crippen LogP contribution in [0.25, 0.3) is 5.69 Å². The fraction of sp³-hybridized carbons (Fsp3) is 0.455. The van der Waals surface area contributed by atoms with Gasteiger partial charge in [-0.25, -0.2) is 4.98 Å². The normalized spacial score (nSPS) is 12.9. The molecule has 0 fully saturated rings. The fourth-order valence-electron chi connectivity index (χ4n) is 1.64. The summed E-state index contributed by atoms with van der Waals surface area (Å²) in [5.41, 5.74) is 7.81. The van der Waals surface area contributed by atoms with Crippen LogP contribution in [-0.4, -0.2) is 33.0 Å². The minimum Gasteiger partial charge on any atom is -0.383 e. The molecule has 2 rings (SSSR count). The zero-order valence-corrected chi connectivity index (χ0v) is 10.1. The third kappa shape index (κ3) is 2.54. The van der Waals surface area contributed by atoms with Gasteiger partial charge in [0.2, 0.25) is 0 Å². The summed E-state index contributed by atoms with van der Waals surface area (Å²) in [6.07, 6.45) is 7.27. The summed E-state index contributed by atoms with van der Waals surface area (Å²) in [4.78, 5) is 4.11. The van der Waals surface area contributed by atoms with Crippen LogP contribution in [-0.2, 0) is 11.3 Å². The molecule has 0 aliphatic carbocycles. The minimum absolute atomic E-state index is 0.0557. The van der Waals surface area contributed by atoms with E-state index in [1.165, 1.54) is 0 Å². The first-order chi connectivity index (χ1) is 8.22. The molecule has 0 saturated carbocycles. The van der Waals surface area contributed by atoms with Crippen molar-refractivity contribution in [2.24, 2.45) is 5.73 Å². The van der Waals surface area contributed by atoms with Crippen LogP contribution in [0.4, 0.5) is 0 Å². The van der Waals surface area contributed by atoms with Crippen molar-refractivity contribution < 1.29 is 4.74 Å². The number of ether oxygens (including phenoxy) is 1. The number of nitrogens with zero attached hydrogens (tertiary/aromatic N) is 4. The second-order valence-corrected chi connectivity index (χ2v) is 3.93. The molecule has 2 N–H and O–H groups in total. The molecule has 2 aromatic heterocycles. The number of nitrogens with two attached hydrogens (primary N) is 1. The van der Waals surface area contributed by atoms with E-state index < -0.39 is 0 Å². The molecule has 2 aromatic rings. The third-order valence-electron chi connectivity index (χ3n) is 2.56. The van der Waals surface area contributed by atoms with Gasteiger partial charge in [0, 0.05) is 19.3 Å². The van der Waals surface area contributed by atoms with Gasteiger partial charge in [-0.05, 0) is 6.92 Å². The maximum Gasteiger partial charge on any atom is 0.0995 e. The molecule has 0 amide bonds. The lowest BCUT2D eigenvalue weighted by Gasteiger charge is -2.07. The summed E-state index contributed by atoms with van der Waals surface area (Å²) < 4.78 is 8.79. The van der Waals surface area contributed by atoms with Gasteiger partial charge in [-0.1, -0.05) is 0 Å². The SMILES string of the molecule is COCCn1cc(-n2cncc2[C@@H](C)N)cn1. The maximum absolute atomic E-state index is 5.88. The van der Waals surface area contributed by atoms with Crippen LogP contribution in [0.3, 0.4) is 0 Å². The quantitative estimate of drug-likeness (QED) is 0.829. The van der Waals surface area contributed by atoms with Gasteiger partial charge in [0.25, 0.3) is 0 Å². The van der Waals surface area contributed by atoms with Crippen LogP contribution in [0.15, 0.2) is 24.9 Å². The maximum atomic E-state index is 5.88. The fourth-order valence-corrected chi connectivity index (χ4v) is 1.64. The van der Waals surface area contributed by atoms with E-state index in [-0.39, 0.29) is 6.04 Å². The van der Waals surface area contributed by atoms with Gasteiger partial charge >= 0.3 is 0 Å². The number of hydrogen-bond acceptors (Lipinski definition) is 4. The zero-order chi connectivity index (χ0) is 12.3. The smallest absolute Gasteiger partial charge is 0.0995 e. The van der Waals surface area contributed by atoms with Gasteiger partial charge < -0.3 is 10.5 Å². The van der Waals surface area contributed by atoms with Crippen molar-refractivity contribution in [2.75, 3.05) is 13.7 Å². The Kier molecular flexibility index (Phi) is 3.55. The Morgan fingerprint density at radius 2 is 2.29 bits per heavy atom. The van der Waals surface area contributed by atoms with E-state index in [9.17, 15) is 0 Å². The van der Waals surface area contributed by atoms with Gasteiger partial charge in [-0.3, -0.25) is 9.25 Å². The highest BCUT2D eigenvalue weighted by molar-refractivity contribution is 5.29. The van der Waals surface area contributed by atoms with E-state index in [1.54, 1.807) is 25.8 Å². The summed E-state index contributed by atoms with van der Waals surface area (Å²) in [7, 11) is 1.68. The minimum atomic E-state index is -0.0557. The standard InChI is InChI=1S/C11H17N5O/c1-9(12)11-6-13-8-16(11)10-5-14-15(7-10)3-4-17-2/h5-9H,3-4,12H2,1-2H3/t9-/m1/s1. The highest BCUT2D eigenvalue weighted by Gasteiger charge is 2.09. The molecular formula is C11H17N5O. The lowest BCUT2D eigenvalue weighted by molar-refractivity contribution is 0.183. The summed E-state index contributed by atoms with van der Waals surface area (Å²) >= 11 is 0. The van der Waals surface area contributed by atoms with Crippen LogP contribution in [0, 0.1) is 0 Å². The Bertz CT molecular complexity index is 474. The third-order valence-corrected chi connectivity index (χ3v) is 2.56. The molecule has 1 atom stereocenters. The van der Waals surface area contributed by atoms with Crippen molar-refractivity contribution in [1.82, 2.24) is 19.3 Å². The lowest BCUT2D eigenvalue weighted by atomic mass is 10.2. The average Bonchev–Trinajstić information content (AvgIpc) is 2.94. The van der Waals surface area contributed by atoms with Crippen LogP contribution >= 0.6 is 0 Å². The first kappa shape index (κ1) is 11.8. The molecule has 0 aromatic carbocycles. The van der Waals surface area contributed by atoms with E-state index in [0.717, 1.165) is 17.9 Å². The predicted molar refractivity (Wildman–Crippen MR) is 63.8 cm³/mol. The van der Waals surface area contributed by atoms with Crippen LogP contribution in [0.5, 0.6) is 0 Å². The Balaban J connectivity index is 2.21. The zero-order valence-electron chi connectivity index (χ0n) is 10.1. The predicted octanol–water partition coefficient (Wildman–Crippen LogP) is 0.735. The Morgan fingerprint density at radius 3 is 3.00 bits per heavy atom. The summed E-state index contributed by atoms with van der Waals surface area (Å²) in [6, 6.07) is -0.0557. The van der Waals surface area contributed by atoms with Crippen LogP contribution < -0.4 is 5.73 Å². The van der Waals surface area contributed by atoms with E-state index in [2.05, 4.69) is 10.1 Å². The Labute approximate surface area is 100 Å². The summed E-state index contributed by atoms with van der Waals surface area (Å²) in [5.74, 6) is 0. The molecule has 0 saturated heterocycles. The van der Waals surface area contributed by atoms with Gasteiger partial charge in [0.15, 0.2) is 0 Å². The molecule has 0 spiro atoms. The molecule has 92 valence electrons. The number of rotatable bonds is 5. The average molecular weight is 235 g/mol. The number of imidazole rings is 1. The first-order valence-electron chi connectivity index (χ1n) is 5.52. The molecule has 0 bridgehead atoms. The summed E-state index contributed by atoms with van der Waals surface area (Å²) in [6.45, 7) is 3.31. The van der Waals surface area contributed by atoms with Crippen molar-refractivity contribution in [3.05, 3.63) is 30.6 Å². The molecule has 6 heteroatoms. The van der Waals surface area contributed by atoms with E-state index in [1.807, 2.05) is 22.4 Å². The molecular weight excluding hydrogens is 218 g/mol. The molecule has 0 aliphatic rings. The molecule has 0 unspecified atom stereocenters. The highest BCUT2D eigenvalue weighted by Crippen LogP contribution is 2.15. The van der Waals surface area contributed by atoms with E-state index >= 15 is 0 Å². The number of aromatic nitrogens is 4. The number of methoxy groups -OCH3 is 1. The molecule has 0 aliphatic heterocycles. The molecule has 6 nitrogen and oxygen atoms in total. The largest absolute Gasteiger partial charge is 0.383 e. The lowest BCUT2D eigenvalue weighted by Crippen LogP contribution is -2.10. The monoisotopic (exact) mass is 235 g/mol. The molecule has 17 heavy (non-hydrogen) atoms. The second-order valence-electron chi connectivity index (χ2n) is 3.93. The van der Waals surface area contributed by atoms with E-state index in [4.69, 9.17) is 10.5 Å². The van der Waals surface area contributed by atoms with Crippen molar-refractivity contribution in [3.8, 4) is 5.69 Å². The second kappa shape index (κ2) is 5.11. The van der Waals surface area contributed by atoms with Gasteiger partial charge in [0.05, 0.1) is 43.3 Å². The van der Waals surface area contributed by atoms with Gasteiger partial charge in [0.1, 0.15) is 0 Å². The van der Waals surface area contributed by atoms with Crippen molar-refractivity contribution in [1.29, 1.82) is 0 Å². The van der Waals surface area contributed by atoms with Crippen LogP contribution in [0.1, 0.15) is 18.7 Å². The van der Waals surface area contributed by atoms with Gasteiger partial charge in [-0.15, -0.1) is 0 Å². The van der Waals surface area contributed by atoms with Crippen LogP contribution in [0.2, 0.25) is 0 Å². The van der Waals surface area contributed by atoms with Gasteiger partial charge in [-0.2, -0.15) is 5.10 Å². The molecule has 0 radical (unpaired) electrons. The van der Waals surface area contributed by atoms with Crippen molar-refractivity contribution in [2.45, 2.75) is 19.5 Å². The number of hydrogen-bond donors (Lipinski definition) is 1.